The first-order valence-corrected chi connectivity index (χ1v) is 6.64. The van der Waals surface area contributed by atoms with Crippen molar-refractivity contribution in [3.05, 3.63) is 34.9 Å². The fourth-order valence-electron chi connectivity index (χ4n) is 1.52. The quantitative estimate of drug-likeness (QED) is 0.658. The molecule has 0 heterocycles. The van der Waals surface area contributed by atoms with Gasteiger partial charge in [0.15, 0.2) is 5.96 Å². The number of aliphatic imine (C=N–C) groups is 1. The highest BCUT2D eigenvalue weighted by Gasteiger charge is 2.18. The van der Waals surface area contributed by atoms with Gasteiger partial charge < -0.3 is 5.73 Å². The summed E-state index contributed by atoms with van der Waals surface area (Å²) in [5.74, 6) is -0.0337. The van der Waals surface area contributed by atoms with Crippen LogP contribution in [0.15, 0.2) is 29.3 Å². The highest BCUT2D eigenvalue weighted by molar-refractivity contribution is 6.31. The van der Waals surface area contributed by atoms with Crippen molar-refractivity contribution in [3.63, 3.8) is 0 Å². The molecular formula is C14H20ClN3O. The van der Waals surface area contributed by atoms with Gasteiger partial charge in [-0.2, -0.15) is 0 Å². The minimum Gasteiger partial charge on any atom is -0.370 e. The van der Waals surface area contributed by atoms with Crippen molar-refractivity contribution in [3.8, 4) is 0 Å². The van der Waals surface area contributed by atoms with Gasteiger partial charge in [-0.05, 0) is 24.5 Å². The molecule has 1 aromatic carbocycles. The van der Waals surface area contributed by atoms with Crippen LogP contribution in [0.2, 0.25) is 5.02 Å². The first-order valence-electron chi connectivity index (χ1n) is 6.27. The minimum atomic E-state index is -0.374. The second-order valence-corrected chi connectivity index (χ2v) is 5.26. The summed E-state index contributed by atoms with van der Waals surface area (Å²) in [5, 5.41) is 3.16. The molecule has 1 atom stereocenters. The first-order chi connectivity index (χ1) is 8.91. The van der Waals surface area contributed by atoms with Crippen molar-refractivity contribution in [1.82, 2.24) is 5.32 Å². The summed E-state index contributed by atoms with van der Waals surface area (Å²) in [6.07, 6.45) is 0. The fourth-order valence-corrected chi connectivity index (χ4v) is 1.82. The lowest BCUT2D eigenvalue weighted by molar-refractivity contribution is -0.120. The molecule has 104 valence electrons. The van der Waals surface area contributed by atoms with Crippen LogP contribution in [-0.4, -0.2) is 18.4 Å². The topological polar surface area (TPSA) is 67.5 Å². The van der Waals surface area contributed by atoms with E-state index >= 15 is 0 Å². The minimum absolute atomic E-state index is 0.151. The standard InChI is InChI=1S/C14H20ClN3O/c1-9(2)8-17-14(16)18-13(19)10(3)11-6-4-5-7-12(11)15/h4-7,9-10H,8H2,1-3H3,(H3,16,17,18,19). The molecule has 0 aliphatic heterocycles. The van der Waals surface area contributed by atoms with Crippen molar-refractivity contribution in [2.75, 3.05) is 6.54 Å². The van der Waals surface area contributed by atoms with E-state index in [2.05, 4.69) is 10.3 Å². The van der Waals surface area contributed by atoms with Gasteiger partial charge in [0.25, 0.3) is 0 Å². The van der Waals surface area contributed by atoms with Gasteiger partial charge in [-0.15, -0.1) is 0 Å². The van der Waals surface area contributed by atoms with Crippen LogP contribution in [0.4, 0.5) is 0 Å². The molecule has 1 rings (SSSR count). The summed E-state index contributed by atoms with van der Waals surface area (Å²) in [5.41, 5.74) is 6.44. The third-order valence-corrected chi connectivity index (χ3v) is 2.99. The number of carbonyl (C=O) groups is 1. The van der Waals surface area contributed by atoms with Gasteiger partial charge >= 0.3 is 0 Å². The molecule has 0 spiro atoms. The molecule has 1 aromatic rings. The molecule has 0 aliphatic carbocycles. The summed E-state index contributed by atoms with van der Waals surface area (Å²) in [6, 6.07) is 7.26. The van der Waals surface area contributed by atoms with Crippen LogP contribution < -0.4 is 11.1 Å². The largest absolute Gasteiger partial charge is 0.370 e. The van der Waals surface area contributed by atoms with Crippen molar-refractivity contribution in [2.45, 2.75) is 26.7 Å². The molecule has 1 unspecified atom stereocenters. The van der Waals surface area contributed by atoms with E-state index in [1.165, 1.54) is 0 Å². The summed E-state index contributed by atoms with van der Waals surface area (Å²) in [6.45, 7) is 6.44. The predicted octanol–water partition coefficient (Wildman–Crippen LogP) is 2.53. The van der Waals surface area contributed by atoms with Gasteiger partial charge in [0, 0.05) is 11.6 Å². The normalized spacial score (nSPS) is 13.4. The van der Waals surface area contributed by atoms with Crippen LogP contribution in [0.5, 0.6) is 0 Å². The Hall–Kier alpha value is -1.55. The van der Waals surface area contributed by atoms with Crippen LogP contribution in [0.25, 0.3) is 0 Å². The SMILES string of the molecule is CC(C)CN=C(N)NC(=O)C(C)c1ccccc1Cl. The van der Waals surface area contributed by atoms with Gasteiger partial charge in [-0.25, -0.2) is 0 Å². The second-order valence-electron chi connectivity index (χ2n) is 4.85. The Bertz CT molecular complexity index is 472. The number of guanidine groups is 1. The molecule has 0 aromatic heterocycles. The highest BCUT2D eigenvalue weighted by atomic mass is 35.5. The number of nitrogens with one attached hydrogen (secondary N) is 1. The van der Waals surface area contributed by atoms with Gasteiger partial charge in [0.2, 0.25) is 5.91 Å². The molecule has 0 aliphatic rings. The van der Waals surface area contributed by atoms with Crippen molar-refractivity contribution in [2.24, 2.45) is 16.6 Å². The van der Waals surface area contributed by atoms with Crippen molar-refractivity contribution < 1.29 is 4.79 Å². The number of benzene rings is 1. The predicted molar refractivity (Wildman–Crippen MR) is 79.3 cm³/mol. The fraction of sp³-hybridized carbons (Fsp3) is 0.429. The maximum Gasteiger partial charge on any atom is 0.233 e. The highest BCUT2D eigenvalue weighted by Crippen LogP contribution is 2.23. The molecule has 5 heteroatoms. The number of hydrogen-bond donors (Lipinski definition) is 2. The monoisotopic (exact) mass is 281 g/mol. The summed E-state index contributed by atoms with van der Waals surface area (Å²) in [7, 11) is 0. The summed E-state index contributed by atoms with van der Waals surface area (Å²) in [4.78, 5) is 16.1. The van der Waals surface area contributed by atoms with Crippen LogP contribution in [-0.2, 0) is 4.79 Å². The number of nitrogens with zero attached hydrogens (tertiary/aromatic N) is 1. The third-order valence-electron chi connectivity index (χ3n) is 2.64. The molecule has 0 saturated heterocycles. The summed E-state index contributed by atoms with van der Waals surface area (Å²) >= 11 is 6.06. The van der Waals surface area contributed by atoms with Crippen molar-refractivity contribution >= 4 is 23.5 Å². The van der Waals surface area contributed by atoms with Gasteiger partial charge in [-0.1, -0.05) is 43.6 Å². The maximum atomic E-state index is 12.0. The van der Waals surface area contributed by atoms with E-state index in [-0.39, 0.29) is 17.8 Å². The average molecular weight is 282 g/mol. The van der Waals surface area contributed by atoms with Gasteiger partial charge in [0.05, 0.1) is 5.92 Å². The molecule has 0 radical (unpaired) electrons. The van der Waals surface area contributed by atoms with Gasteiger partial charge in [0.1, 0.15) is 0 Å². The first kappa shape index (κ1) is 15.5. The molecular weight excluding hydrogens is 262 g/mol. The maximum absolute atomic E-state index is 12.0. The van der Waals surface area contributed by atoms with Crippen LogP contribution in [0, 0.1) is 5.92 Å². The van der Waals surface area contributed by atoms with E-state index in [0.29, 0.717) is 17.5 Å². The Balaban J connectivity index is 2.68. The van der Waals surface area contributed by atoms with E-state index in [4.69, 9.17) is 17.3 Å². The lowest BCUT2D eigenvalue weighted by atomic mass is 10.0. The molecule has 19 heavy (non-hydrogen) atoms. The Morgan fingerprint density at radius 3 is 2.58 bits per heavy atom. The number of halogens is 1. The van der Waals surface area contributed by atoms with Crippen LogP contribution >= 0.6 is 11.6 Å². The Morgan fingerprint density at radius 1 is 1.37 bits per heavy atom. The third kappa shape index (κ3) is 4.91. The summed E-state index contributed by atoms with van der Waals surface area (Å²) < 4.78 is 0. The van der Waals surface area contributed by atoms with E-state index in [9.17, 15) is 4.79 Å². The van der Waals surface area contributed by atoms with Crippen LogP contribution in [0.1, 0.15) is 32.3 Å². The van der Waals surface area contributed by atoms with E-state index in [1.807, 2.05) is 32.0 Å². The van der Waals surface area contributed by atoms with Gasteiger partial charge in [-0.3, -0.25) is 15.1 Å². The molecule has 1 amide bonds. The molecule has 0 bridgehead atoms. The lowest BCUT2D eigenvalue weighted by Gasteiger charge is -2.13. The molecule has 0 fully saturated rings. The Labute approximate surface area is 119 Å². The number of nitrogens with two attached hydrogens (primary N) is 1. The zero-order valence-corrected chi connectivity index (χ0v) is 12.2. The average Bonchev–Trinajstić information content (AvgIpc) is 2.36. The van der Waals surface area contributed by atoms with Crippen molar-refractivity contribution in [1.29, 1.82) is 0 Å². The Kier molecular flexibility index (Phi) is 5.83. The molecule has 4 nitrogen and oxygen atoms in total. The van der Waals surface area contributed by atoms with E-state index < -0.39 is 0 Å². The lowest BCUT2D eigenvalue weighted by Crippen LogP contribution is -2.39. The Morgan fingerprint density at radius 2 is 2.00 bits per heavy atom. The number of rotatable bonds is 4. The zero-order chi connectivity index (χ0) is 14.4. The number of hydrogen-bond acceptors (Lipinski definition) is 2. The smallest absolute Gasteiger partial charge is 0.233 e. The number of amides is 1. The van der Waals surface area contributed by atoms with E-state index in [1.54, 1.807) is 13.0 Å². The van der Waals surface area contributed by atoms with E-state index in [0.717, 1.165) is 5.56 Å². The molecule has 0 saturated carbocycles. The van der Waals surface area contributed by atoms with Crippen LogP contribution in [0.3, 0.4) is 0 Å². The zero-order valence-electron chi connectivity index (χ0n) is 11.5. The molecule has 3 N–H and O–H groups in total. The second kappa shape index (κ2) is 7.14. The number of carbonyl (C=O) groups excluding carboxylic acids is 1.